The fourth-order valence-corrected chi connectivity index (χ4v) is 3.35. The van der Waals surface area contributed by atoms with Crippen LogP contribution in [0.2, 0.25) is 0 Å². The van der Waals surface area contributed by atoms with E-state index in [1.165, 1.54) is 17.8 Å². The third kappa shape index (κ3) is 5.41. The predicted octanol–water partition coefficient (Wildman–Crippen LogP) is 3.31. The Labute approximate surface area is 170 Å². The van der Waals surface area contributed by atoms with Crippen molar-refractivity contribution in [1.29, 1.82) is 0 Å². The summed E-state index contributed by atoms with van der Waals surface area (Å²) in [5.41, 5.74) is 2.15. The molecule has 3 rings (SSSR count). The maximum Gasteiger partial charge on any atom is 0.243 e. The molecule has 2 aromatic carbocycles. The molecule has 0 unspecified atom stereocenters. The van der Waals surface area contributed by atoms with Gasteiger partial charge in [0.1, 0.15) is 0 Å². The highest BCUT2D eigenvalue weighted by molar-refractivity contribution is 7.99. The van der Waals surface area contributed by atoms with Crippen molar-refractivity contribution in [3.63, 3.8) is 0 Å². The van der Waals surface area contributed by atoms with Crippen LogP contribution in [0, 0.1) is 18.6 Å². The van der Waals surface area contributed by atoms with Gasteiger partial charge in [-0.2, -0.15) is 0 Å². The summed E-state index contributed by atoms with van der Waals surface area (Å²) >= 11 is 1.24. The number of rotatable bonds is 7. The van der Waals surface area contributed by atoms with E-state index in [9.17, 15) is 18.4 Å². The molecule has 9 heteroatoms. The minimum Gasteiger partial charge on any atom is -0.346 e. The van der Waals surface area contributed by atoms with E-state index in [4.69, 9.17) is 0 Å². The van der Waals surface area contributed by atoms with Crippen LogP contribution in [-0.2, 0) is 9.59 Å². The number of aryl methyl sites for hydroxylation is 1. The fraction of sp³-hybridized carbons (Fsp3) is 0.150. The van der Waals surface area contributed by atoms with E-state index < -0.39 is 17.5 Å². The van der Waals surface area contributed by atoms with Crippen LogP contribution in [-0.4, -0.2) is 33.7 Å². The van der Waals surface area contributed by atoms with Crippen LogP contribution in [0.4, 0.5) is 14.5 Å². The van der Waals surface area contributed by atoms with E-state index in [2.05, 4.69) is 15.6 Å². The summed E-state index contributed by atoms with van der Waals surface area (Å²) in [5.74, 6) is -2.89. The van der Waals surface area contributed by atoms with Crippen molar-refractivity contribution >= 4 is 29.3 Å². The van der Waals surface area contributed by atoms with Gasteiger partial charge >= 0.3 is 0 Å². The average Bonchev–Trinajstić information content (AvgIpc) is 3.16. The molecular formula is C20H18F2N4O2S. The van der Waals surface area contributed by atoms with Gasteiger partial charge in [0.15, 0.2) is 16.8 Å². The summed E-state index contributed by atoms with van der Waals surface area (Å²) in [4.78, 5) is 28.2. The van der Waals surface area contributed by atoms with Gasteiger partial charge in [0.25, 0.3) is 0 Å². The van der Waals surface area contributed by atoms with Crippen LogP contribution in [0.1, 0.15) is 5.56 Å². The SMILES string of the molecule is Cc1ccccc1-n1ccnc1SCC(=O)NCC(=O)Nc1ccc(F)c(F)c1. The molecule has 6 nitrogen and oxygen atoms in total. The standard InChI is InChI=1S/C20H18F2N4O2S/c1-13-4-2-3-5-17(13)26-9-8-23-20(26)29-12-19(28)24-11-18(27)25-14-6-7-15(21)16(22)10-14/h2-10H,11-12H2,1H3,(H,24,28)(H,25,27). The zero-order valence-corrected chi connectivity index (χ0v) is 16.3. The molecule has 1 heterocycles. The molecule has 0 bridgehead atoms. The van der Waals surface area contributed by atoms with Gasteiger partial charge < -0.3 is 10.6 Å². The van der Waals surface area contributed by atoms with Crippen molar-refractivity contribution in [3.8, 4) is 5.69 Å². The number of carbonyl (C=O) groups excluding carboxylic acids is 2. The molecule has 0 atom stereocenters. The number of para-hydroxylation sites is 1. The number of anilines is 1. The number of hydrogen-bond acceptors (Lipinski definition) is 4. The van der Waals surface area contributed by atoms with Gasteiger partial charge in [0.2, 0.25) is 11.8 Å². The molecule has 0 aliphatic heterocycles. The van der Waals surface area contributed by atoms with Crippen molar-refractivity contribution in [2.24, 2.45) is 0 Å². The number of halogens is 2. The van der Waals surface area contributed by atoms with Crippen LogP contribution in [0.25, 0.3) is 5.69 Å². The number of benzene rings is 2. The molecule has 150 valence electrons. The van der Waals surface area contributed by atoms with Gasteiger partial charge in [-0.1, -0.05) is 30.0 Å². The predicted molar refractivity (Wildman–Crippen MR) is 107 cm³/mol. The van der Waals surface area contributed by atoms with Crippen LogP contribution < -0.4 is 10.6 Å². The normalized spacial score (nSPS) is 10.6. The molecule has 0 radical (unpaired) electrons. The maximum atomic E-state index is 13.2. The molecule has 0 spiro atoms. The largest absolute Gasteiger partial charge is 0.346 e. The second-order valence-corrected chi connectivity index (χ2v) is 7.05. The van der Waals surface area contributed by atoms with Gasteiger partial charge in [0.05, 0.1) is 18.0 Å². The molecular weight excluding hydrogens is 398 g/mol. The van der Waals surface area contributed by atoms with E-state index in [1.807, 2.05) is 42.0 Å². The van der Waals surface area contributed by atoms with Gasteiger partial charge in [-0.15, -0.1) is 0 Å². The Morgan fingerprint density at radius 1 is 1.10 bits per heavy atom. The molecule has 0 saturated heterocycles. The van der Waals surface area contributed by atoms with E-state index in [-0.39, 0.29) is 23.9 Å². The van der Waals surface area contributed by atoms with Crippen molar-refractivity contribution in [2.75, 3.05) is 17.6 Å². The van der Waals surface area contributed by atoms with Crippen molar-refractivity contribution in [2.45, 2.75) is 12.1 Å². The maximum absolute atomic E-state index is 13.2. The number of carbonyl (C=O) groups is 2. The Morgan fingerprint density at radius 3 is 2.66 bits per heavy atom. The first-order chi connectivity index (χ1) is 13.9. The highest BCUT2D eigenvalue weighted by atomic mass is 32.2. The third-order valence-corrected chi connectivity index (χ3v) is 4.93. The smallest absolute Gasteiger partial charge is 0.243 e. The summed E-state index contributed by atoms with van der Waals surface area (Å²) in [6.45, 7) is 1.70. The third-order valence-electron chi connectivity index (χ3n) is 3.96. The number of aromatic nitrogens is 2. The topological polar surface area (TPSA) is 76.0 Å². The molecule has 0 aliphatic carbocycles. The number of amides is 2. The quantitative estimate of drug-likeness (QED) is 0.580. The number of imidazole rings is 1. The summed E-state index contributed by atoms with van der Waals surface area (Å²) in [7, 11) is 0. The fourth-order valence-electron chi connectivity index (χ4n) is 2.55. The molecule has 0 fully saturated rings. The second-order valence-electron chi connectivity index (χ2n) is 6.11. The van der Waals surface area contributed by atoms with Crippen molar-refractivity contribution < 1.29 is 18.4 Å². The van der Waals surface area contributed by atoms with E-state index >= 15 is 0 Å². The second kappa shape index (κ2) is 9.33. The van der Waals surface area contributed by atoms with E-state index in [0.29, 0.717) is 5.16 Å². The lowest BCUT2D eigenvalue weighted by Gasteiger charge is -2.10. The number of nitrogens with zero attached hydrogens (tertiary/aromatic N) is 2. The summed E-state index contributed by atoms with van der Waals surface area (Å²) in [6, 6.07) is 10.8. The molecule has 2 amide bonds. The lowest BCUT2D eigenvalue weighted by molar-refractivity contribution is -0.122. The van der Waals surface area contributed by atoms with Crippen LogP contribution in [0.3, 0.4) is 0 Å². The van der Waals surface area contributed by atoms with Crippen LogP contribution in [0.15, 0.2) is 60.0 Å². The first-order valence-corrected chi connectivity index (χ1v) is 9.66. The van der Waals surface area contributed by atoms with Gasteiger partial charge in [-0.05, 0) is 30.7 Å². The zero-order valence-electron chi connectivity index (χ0n) is 15.5. The Kier molecular flexibility index (Phi) is 6.61. The average molecular weight is 416 g/mol. The Hall–Kier alpha value is -3.20. The number of hydrogen-bond donors (Lipinski definition) is 2. The van der Waals surface area contributed by atoms with E-state index in [1.54, 1.807) is 6.20 Å². The van der Waals surface area contributed by atoms with Gasteiger partial charge in [-0.3, -0.25) is 14.2 Å². The molecule has 3 aromatic rings. The summed E-state index contributed by atoms with van der Waals surface area (Å²) in [6.07, 6.45) is 3.47. The molecule has 2 N–H and O–H groups in total. The summed E-state index contributed by atoms with van der Waals surface area (Å²) in [5, 5.41) is 5.53. The number of thioether (sulfide) groups is 1. The highest BCUT2D eigenvalue weighted by Crippen LogP contribution is 2.22. The first-order valence-electron chi connectivity index (χ1n) is 8.68. The Balaban J connectivity index is 1.50. The minimum atomic E-state index is -1.06. The Bertz CT molecular complexity index is 1040. The lowest BCUT2D eigenvalue weighted by Crippen LogP contribution is -2.34. The molecule has 0 aliphatic rings. The van der Waals surface area contributed by atoms with Crippen LogP contribution in [0.5, 0.6) is 0 Å². The van der Waals surface area contributed by atoms with Gasteiger partial charge in [0, 0.05) is 24.1 Å². The Morgan fingerprint density at radius 2 is 1.90 bits per heavy atom. The van der Waals surface area contributed by atoms with Crippen molar-refractivity contribution in [1.82, 2.24) is 14.9 Å². The molecule has 29 heavy (non-hydrogen) atoms. The van der Waals surface area contributed by atoms with Crippen LogP contribution >= 0.6 is 11.8 Å². The minimum absolute atomic E-state index is 0.0708. The molecule has 0 saturated carbocycles. The zero-order chi connectivity index (χ0) is 20.8. The monoisotopic (exact) mass is 416 g/mol. The first kappa shape index (κ1) is 20.5. The highest BCUT2D eigenvalue weighted by Gasteiger charge is 2.12. The molecule has 1 aromatic heterocycles. The van der Waals surface area contributed by atoms with Crippen molar-refractivity contribution in [3.05, 3.63) is 72.1 Å². The lowest BCUT2D eigenvalue weighted by atomic mass is 10.2. The van der Waals surface area contributed by atoms with E-state index in [0.717, 1.165) is 23.4 Å². The number of nitrogens with one attached hydrogen (secondary N) is 2. The van der Waals surface area contributed by atoms with Gasteiger partial charge in [-0.25, -0.2) is 13.8 Å². The summed E-state index contributed by atoms with van der Waals surface area (Å²) < 4.78 is 27.9.